The van der Waals surface area contributed by atoms with Crippen LogP contribution in [0.2, 0.25) is 0 Å². The zero-order chi connectivity index (χ0) is 27.5. The maximum atomic E-state index is 12.5. The third-order valence-corrected chi connectivity index (χ3v) is 7.76. The van der Waals surface area contributed by atoms with E-state index >= 15 is 0 Å². The number of unbranched alkanes of at least 4 members (excludes halogenated alkanes) is 4. The first kappa shape index (κ1) is 29.6. The maximum Gasteiger partial charge on any atom is 0.157 e. The molecule has 38 heavy (non-hydrogen) atoms. The summed E-state index contributed by atoms with van der Waals surface area (Å²) in [5.41, 5.74) is 2.56. The summed E-state index contributed by atoms with van der Waals surface area (Å²) in [5.74, 6) is -0.644. The number of carbonyl (C=O) groups is 2. The quantitative estimate of drug-likeness (QED) is 0.134. The number of hydrogen-bond donors (Lipinski definition) is 1. The molecule has 2 aromatic rings. The maximum absolute atomic E-state index is 12.5. The van der Waals surface area contributed by atoms with Gasteiger partial charge in [-0.2, -0.15) is 0 Å². The van der Waals surface area contributed by atoms with Gasteiger partial charge in [-0.15, -0.1) is 23.3 Å². The highest BCUT2D eigenvalue weighted by Crippen LogP contribution is 2.39. The summed E-state index contributed by atoms with van der Waals surface area (Å²) >= 11 is 0. The van der Waals surface area contributed by atoms with Crippen molar-refractivity contribution >= 4 is 22.9 Å². The number of carbonyl (C=O) groups excluding carboxylic acids is 2. The average molecular weight is 516 g/mol. The van der Waals surface area contributed by atoms with Gasteiger partial charge in [-0.05, 0) is 31.3 Å². The topological polar surface area (TPSA) is 54.4 Å². The number of quaternary nitrogens is 1. The molecule has 0 unspecified atom stereocenters. The Labute approximate surface area is 229 Å². The van der Waals surface area contributed by atoms with E-state index < -0.39 is 0 Å². The van der Waals surface area contributed by atoms with Crippen molar-refractivity contribution in [1.82, 2.24) is 0 Å². The number of allylic oxidation sites excluding steroid dienone is 3. The fourth-order valence-corrected chi connectivity index (χ4v) is 5.48. The van der Waals surface area contributed by atoms with Crippen LogP contribution in [0.4, 0.5) is 0 Å². The largest absolute Gasteiger partial charge is 0.528 e. The molecule has 0 amide bonds. The highest BCUT2D eigenvalue weighted by molar-refractivity contribution is 6.43. The third-order valence-electron chi connectivity index (χ3n) is 7.76. The summed E-state index contributed by atoms with van der Waals surface area (Å²) in [6, 6.07) is 13.9. The molecule has 0 radical (unpaired) electrons. The van der Waals surface area contributed by atoms with Crippen LogP contribution in [0.3, 0.4) is 0 Å². The van der Waals surface area contributed by atoms with Gasteiger partial charge in [-0.25, -0.2) is 0 Å². The number of Topliss-reactive ketones (excluding diaryl/α,β-unsaturated/α-hetero) is 2. The highest BCUT2D eigenvalue weighted by Gasteiger charge is 2.31. The predicted molar refractivity (Wildman–Crippen MR) is 157 cm³/mol. The molecule has 2 aliphatic rings. The van der Waals surface area contributed by atoms with Crippen LogP contribution in [0.5, 0.6) is 0 Å². The first-order valence-corrected chi connectivity index (χ1v) is 14.6. The van der Waals surface area contributed by atoms with Gasteiger partial charge in [0.2, 0.25) is 0 Å². The summed E-state index contributed by atoms with van der Waals surface area (Å²) in [6.07, 6.45) is 13.8. The van der Waals surface area contributed by atoms with Gasteiger partial charge in [0.1, 0.15) is 0 Å². The second kappa shape index (κ2) is 14.2. The summed E-state index contributed by atoms with van der Waals surface area (Å²) in [6.45, 7) is 15.0. The Morgan fingerprint density at radius 1 is 0.605 bits per heavy atom. The van der Waals surface area contributed by atoms with Crippen LogP contribution in [0, 0.1) is 6.08 Å². The average Bonchev–Trinajstić information content (AvgIpc) is 3.41. The molecule has 4 nitrogen and oxygen atoms in total. The first-order chi connectivity index (χ1) is 18.4. The number of benzene rings is 2. The molecule has 0 atom stereocenters. The van der Waals surface area contributed by atoms with Gasteiger partial charge in [0.05, 0.1) is 26.2 Å². The van der Waals surface area contributed by atoms with Crippen LogP contribution in [-0.4, -0.2) is 47.3 Å². The van der Waals surface area contributed by atoms with Gasteiger partial charge in [-0.3, -0.25) is 9.59 Å². The van der Waals surface area contributed by atoms with Crippen molar-refractivity contribution in [2.24, 2.45) is 0 Å². The predicted octanol–water partition coefficient (Wildman–Crippen LogP) is 8.24. The Hall–Kier alpha value is -2.98. The van der Waals surface area contributed by atoms with E-state index in [-0.39, 0.29) is 22.9 Å². The standard InChI is InChI=1S/C18H9O3.C16H36N/c19-15-9-14(10-5-1-2-6-11(10)15)16-17(20)12-7-3-4-8-13(12)18(16)21;1-5-9-13-17(14-10-6-2,15-11-7-3)16-12-8-4/h1-8,19H;5-16H2,1-4H3/q-1;+1. The highest BCUT2D eigenvalue weighted by atomic mass is 16.3. The lowest BCUT2D eigenvalue weighted by Gasteiger charge is -2.39. The van der Waals surface area contributed by atoms with Crippen LogP contribution < -0.4 is 0 Å². The summed E-state index contributed by atoms with van der Waals surface area (Å²) < 4.78 is 1.42. The van der Waals surface area contributed by atoms with Gasteiger partial charge < -0.3 is 9.59 Å². The summed E-state index contributed by atoms with van der Waals surface area (Å²) in [5, 5.41) is 9.95. The number of rotatable bonds is 12. The lowest BCUT2D eigenvalue weighted by Crippen LogP contribution is -2.50. The molecular formula is C34H45NO3. The van der Waals surface area contributed by atoms with Gasteiger partial charge in [0, 0.05) is 16.9 Å². The Morgan fingerprint density at radius 2 is 0.974 bits per heavy atom. The normalized spacial score (nSPS) is 14.3. The fraction of sp³-hybridized carbons (Fsp3) is 0.471. The van der Waals surface area contributed by atoms with E-state index in [1.54, 1.807) is 48.5 Å². The number of aliphatic hydroxyl groups is 1. The van der Waals surface area contributed by atoms with Crippen LogP contribution in [-0.2, 0) is 0 Å². The molecule has 0 aliphatic heterocycles. The minimum atomic E-state index is -0.303. The molecule has 0 saturated carbocycles. The van der Waals surface area contributed by atoms with E-state index in [1.807, 2.05) is 0 Å². The molecule has 4 rings (SSSR count). The molecule has 1 N–H and O–H groups in total. The fourth-order valence-electron chi connectivity index (χ4n) is 5.48. The first-order valence-electron chi connectivity index (χ1n) is 14.6. The molecule has 2 aromatic carbocycles. The van der Waals surface area contributed by atoms with Gasteiger partial charge in [0.15, 0.2) is 11.6 Å². The van der Waals surface area contributed by atoms with E-state index in [0.717, 1.165) is 0 Å². The minimum Gasteiger partial charge on any atom is -0.528 e. The summed E-state index contributed by atoms with van der Waals surface area (Å²) in [7, 11) is 0. The smallest absolute Gasteiger partial charge is 0.157 e. The molecule has 204 valence electrons. The molecule has 0 fully saturated rings. The number of fused-ring (bicyclic) bond motifs is 2. The molecule has 0 heterocycles. The zero-order valence-corrected chi connectivity index (χ0v) is 23.8. The molecule has 0 spiro atoms. The van der Waals surface area contributed by atoms with Gasteiger partial charge in [-0.1, -0.05) is 101 Å². The van der Waals surface area contributed by atoms with Crippen molar-refractivity contribution in [2.75, 3.05) is 26.2 Å². The Balaban J connectivity index is 0.000000217. The van der Waals surface area contributed by atoms with Crippen LogP contribution >= 0.6 is 0 Å². The van der Waals surface area contributed by atoms with Crippen molar-refractivity contribution in [3.05, 3.63) is 82.4 Å². The van der Waals surface area contributed by atoms with E-state index in [1.165, 1.54) is 82.0 Å². The molecule has 4 heteroatoms. The molecular weight excluding hydrogens is 470 g/mol. The van der Waals surface area contributed by atoms with Crippen molar-refractivity contribution in [2.45, 2.75) is 79.1 Å². The van der Waals surface area contributed by atoms with Gasteiger partial charge in [0.25, 0.3) is 0 Å². The number of ketones is 2. The number of aliphatic hydroxyl groups excluding tert-OH is 1. The van der Waals surface area contributed by atoms with E-state index in [4.69, 9.17) is 0 Å². The van der Waals surface area contributed by atoms with Crippen molar-refractivity contribution < 1.29 is 19.2 Å². The van der Waals surface area contributed by atoms with E-state index in [0.29, 0.717) is 27.8 Å². The number of hydrogen-bond acceptors (Lipinski definition) is 3. The van der Waals surface area contributed by atoms with E-state index in [2.05, 4.69) is 33.8 Å². The Bertz CT molecular complexity index is 1100. The SMILES string of the molecule is CCCC[N+](CCCC)(CCCC)CCCC.O=C1C(=C2[C-]=C(O)c3ccccc32)C(=O)c2ccccc21. The van der Waals surface area contributed by atoms with Crippen molar-refractivity contribution in [1.29, 1.82) is 0 Å². The minimum absolute atomic E-state index is 0.0374. The lowest BCUT2D eigenvalue weighted by molar-refractivity contribution is -0.929. The third kappa shape index (κ3) is 6.71. The second-order valence-electron chi connectivity index (χ2n) is 10.6. The van der Waals surface area contributed by atoms with Crippen molar-refractivity contribution in [3.63, 3.8) is 0 Å². The zero-order valence-electron chi connectivity index (χ0n) is 23.8. The molecule has 0 saturated heterocycles. The molecule has 0 bridgehead atoms. The number of nitrogens with zero attached hydrogens (tertiary/aromatic N) is 1. The molecule has 0 aromatic heterocycles. The second-order valence-corrected chi connectivity index (χ2v) is 10.6. The summed E-state index contributed by atoms with van der Waals surface area (Å²) in [4.78, 5) is 25.0. The van der Waals surface area contributed by atoms with Crippen LogP contribution in [0.15, 0.2) is 54.1 Å². The Morgan fingerprint density at radius 3 is 1.37 bits per heavy atom. The van der Waals surface area contributed by atoms with E-state index in [9.17, 15) is 14.7 Å². The monoisotopic (exact) mass is 515 g/mol. The lowest BCUT2D eigenvalue weighted by atomic mass is 9.98. The van der Waals surface area contributed by atoms with Gasteiger partial charge >= 0.3 is 0 Å². The van der Waals surface area contributed by atoms with Crippen molar-refractivity contribution in [3.8, 4) is 0 Å². The molecule has 2 aliphatic carbocycles. The van der Waals surface area contributed by atoms with Crippen LogP contribution in [0.1, 0.15) is 111 Å². The Kier molecular flexibility index (Phi) is 11.1. The van der Waals surface area contributed by atoms with Crippen LogP contribution in [0.25, 0.3) is 11.3 Å².